The van der Waals surface area contributed by atoms with Crippen LogP contribution in [0.1, 0.15) is 19.8 Å². The zero-order valence-corrected chi connectivity index (χ0v) is 14.5. The standard InChI is InChI=1S/C20H20OSe/c1-2-3-14-21-18-15-19(16-10-6-4-7-11-16)22-20(18)17-12-8-5-9-13-17/h4-13,15H,2-3,14H2,1H3. The fourth-order valence-corrected chi connectivity index (χ4v) is 4.68. The molecule has 0 saturated heterocycles. The second kappa shape index (κ2) is 7.49. The van der Waals surface area contributed by atoms with E-state index in [2.05, 4.69) is 73.7 Å². The molecule has 0 aliphatic heterocycles. The predicted octanol–water partition coefficient (Wildman–Crippen LogP) is 5.26. The summed E-state index contributed by atoms with van der Waals surface area (Å²) in [5.41, 5.74) is 2.60. The van der Waals surface area contributed by atoms with E-state index >= 15 is 0 Å². The molecule has 3 rings (SSSR count). The minimum absolute atomic E-state index is 0.296. The topological polar surface area (TPSA) is 9.23 Å². The summed E-state index contributed by atoms with van der Waals surface area (Å²) < 4.78 is 8.85. The van der Waals surface area contributed by atoms with E-state index in [-0.39, 0.29) is 0 Å². The summed E-state index contributed by atoms with van der Waals surface area (Å²) in [6, 6.07) is 23.5. The molecule has 1 heterocycles. The molecule has 0 amide bonds. The van der Waals surface area contributed by atoms with Crippen LogP contribution in [0.15, 0.2) is 66.7 Å². The summed E-state index contributed by atoms with van der Waals surface area (Å²) in [7, 11) is 0. The molecule has 2 heteroatoms. The summed E-state index contributed by atoms with van der Waals surface area (Å²) in [5.74, 6) is 1.07. The van der Waals surface area contributed by atoms with Crippen LogP contribution >= 0.6 is 0 Å². The van der Waals surface area contributed by atoms with E-state index in [9.17, 15) is 0 Å². The molecule has 2 aromatic carbocycles. The summed E-state index contributed by atoms with van der Waals surface area (Å²) >= 11 is 0.296. The second-order valence-corrected chi connectivity index (χ2v) is 7.45. The fourth-order valence-electron chi connectivity index (χ4n) is 2.34. The number of hydrogen-bond acceptors (Lipinski definition) is 1. The molecule has 0 bridgehead atoms. The van der Waals surface area contributed by atoms with E-state index in [0.717, 1.165) is 25.2 Å². The van der Waals surface area contributed by atoms with E-state index in [1.54, 1.807) is 0 Å². The molecule has 1 aromatic heterocycles. The zero-order valence-electron chi connectivity index (χ0n) is 12.8. The van der Waals surface area contributed by atoms with E-state index in [4.69, 9.17) is 4.74 Å². The molecule has 0 radical (unpaired) electrons. The van der Waals surface area contributed by atoms with Crippen LogP contribution in [0.4, 0.5) is 0 Å². The Morgan fingerprint density at radius 3 is 2.14 bits per heavy atom. The van der Waals surface area contributed by atoms with Crippen molar-refractivity contribution in [2.75, 3.05) is 6.61 Å². The Kier molecular flexibility index (Phi) is 5.15. The van der Waals surface area contributed by atoms with Gasteiger partial charge in [-0.15, -0.1) is 0 Å². The van der Waals surface area contributed by atoms with Gasteiger partial charge in [0.2, 0.25) is 0 Å². The Bertz CT molecular complexity index is 701. The average molecular weight is 355 g/mol. The molecule has 22 heavy (non-hydrogen) atoms. The Morgan fingerprint density at radius 1 is 0.864 bits per heavy atom. The van der Waals surface area contributed by atoms with Crippen LogP contribution in [-0.2, 0) is 0 Å². The van der Waals surface area contributed by atoms with Gasteiger partial charge < -0.3 is 0 Å². The third kappa shape index (κ3) is 3.52. The van der Waals surface area contributed by atoms with Crippen LogP contribution in [0.2, 0.25) is 0 Å². The van der Waals surface area contributed by atoms with Crippen LogP contribution in [0, 0.1) is 0 Å². The van der Waals surface area contributed by atoms with E-state index < -0.39 is 0 Å². The molecule has 3 aromatic rings. The fraction of sp³-hybridized carbons (Fsp3) is 0.200. The first-order chi connectivity index (χ1) is 10.9. The van der Waals surface area contributed by atoms with Crippen LogP contribution in [-0.4, -0.2) is 21.1 Å². The molecule has 0 aliphatic rings. The van der Waals surface area contributed by atoms with Gasteiger partial charge in [0.25, 0.3) is 0 Å². The number of unbranched alkanes of at least 4 members (excludes halogenated alkanes) is 1. The van der Waals surface area contributed by atoms with Gasteiger partial charge in [0, 0.05) is 0 Å². The Labute approximate surface area is 138 Å². The quantitative estimate of drug-likeness (QED) is 0.433. The van der Waals surface area contributed by atoms with Crippen molar-refractivity contribution in [1.29, 1.82) is 0 Å². The van der Waals surface area contributed by atoms with Crippen molar-refractivity contribution in [3.8, 4) is 25.8 Å². The van der Waals surface area contributed by atoms with Crippen LogP contribution in [0.25, 0.3) is 20.0 Å². The summed E-state index contributed by atoms with van der Waals surface area (Å²) in [4.78, 5) is 0. The molecule has 0 N–H and O–H groups in total. The molecule has 0 spiro atoms. The molecule has 1 nitrogen and oxygen atoms in total. The van der Waals surface area contributed by atoms with Crippen molar-refractivity contribution < 1.29 is 4.74 Å². The Balaban J connectivity index is 1.97. The number of hydrogen-bond donors (Lipinski definition) is 0. The van der Waals surface area contributed by atoms with Crippen molar-refractivity contribution in [3.05, 3.63) is 66.7 Å². The van der Waals surface area contributed by atoms with Crippen molar-refractivity contribution in [2.45, 2.75) is 19.8 Å². The van der Waals surface area contributed by atoms with Gasteiger partial charge in [-0.25, -0.2) is 0 Å². The zero-order chi connectivity index (χ0) is 15.2. The molecule has 0 saturated carbocycles. The third-order valence-corrected chi connectivity index (χ3v) is 6.10. The van der Waals surface area contributed by atoms with Gasteiger partial charge in [-0.2, -0.15) is 0 Å². The van der Waals surface area contributed by atoms with Gasteiger partial charge in [0.05, 0.1) is 0 Å². The summed E-state index contributed by atoms with van der Waals surface area (Å²) in [5, 5.41) is 0. The monoisotopic (exact) mass is 356 g/mol. The van der Waals surface area contributed by atoms with Crippen LogP contribution < -0.4 is 4.74 Å². The van der Waals surface area contributed by atoms with E-state index in [0.29, 0.717) is 14.5 Å². The van der Waals surface area contributed by atoms with Crippen molar-refractivity contribution in [1.82, 2.24) is 0 Å². The van der Waals surface area contributed by atoms with E-state index in [1.807, 2.05) is 0 Å². The second-order valence-electron chi connectivity index (χ2n) is 5.24. The number of rotatable bonds is 6. The molecule has 112 valence electrons. The maximum atomic E-state index is 6.08. The van der Waals surface area contributed by atoms with Crippen molar-refractivity contribution in [3.63, 3.8) is 0 Å². The Morgan fingerprint density at radius 2 is 1.50 bits per heavy atom. The molecule has 0 aliphatic carbocycles. The first-order valence-electron chi connectivity index (χ1n) is 7.76. The first kappa shape index (κ1) is 15.1. The summed E-state index contributed by atoms with van der Waals surface area (Å²) in [6.07, 6.45) is 2.27. The van der Waals surface area contributed by atoms with E-state index in [1.165, 1.54) is 20.0 Å². The normalized spacial score (nSPS) is 10.6. The van der Waals surface area contributed by atoms with Gasteiger partial charge in [0.1, 0.15) is 0 Å². The van der Waals surface area contributed by atoms with Gasteiger partial charge in [-0.1, -0.05) is 0 Å². The number of ether oxygens (including phenoxy) is 1. The van der Waals surface area contributed by atoms with Crippen LogP contribution in [0.3, 0.4) is 0 Å². The maximum absolute atomic E-state index is 6.08. The third-order valence-electron chi connectivity index (χ3n) is 3.55. The number of benzene rings is 2. The summed E-state index contributed by atoms with van der Waals surface area (Å²) in [6.45, 7) is 3.00. The molecular formula is C20H20OSe. The SMILES string of the molecule is CCCCOc1cc(-c2ccccc2)[se]c1-c1ccccc1. The van der Waals surface area contributed by atoms with Gasteiger partial charge >= 0.3 is 138 Å². The molecular weight excluding hydrogens is 335 g/mol. The van der Waals surface area contributed by atoms with Gasteiger partial charge in [-0.3, -0.25) is 0 Å². The Hall–Kier alpha value is -1.76. The van der Waals surface area contributed by atoms with Crippen LogP contribution in [0.5, 0.6) is 5.75 Å². The molecule has 0 atom stereocenters. The molecule has 0 fully saturated rings. The van der Waals surface area contributed by atoms with Gasteiger partial charge in [0.15, 0.2) is 0 Å². The first-order valence-corrected chi connectivity index (χ1v) is 9.47. The average Bonchev–Trinajstić information content (AvgIpc) is 3.01. The predicted molar refractivity (Wildman–Crippen MR) is 94.7 cm³/mol. The van der Waals surface area contributed by atoms with Crippen molar-refractivity contribution in [2.24, 2.45) is 0 Å². The minimum atomic E-state index is 0.296. The molecule has 0 unspecified atom stereocenters. The van der Waals surface area contributed by atoms with Crippen molar-refractivity contribution >= 4 is 14.5 Å². The van der Waals surface area contributed by atoms with Gasteiger partial charge in [-0.05, 0) is 0 Å².